The van der Waals surface area contributed by atoms with Gasteiger partial charge in [0.05, 0.1) is 0 Å². The van der Waals surface area contributed by atoms with Crippen molar-refractivity contribution < 1.29 is 0 Å². The predicted octanol–water partition coefficient (Wildman–Crippen LogP) is 19.7. The van der Waals surface area contributed by atoms with Crippen LogP contribution in [0.5, 0.6) is 0 Å². The van der Waals surface area contributed by atoms with E-state index in [0.717, 1.165) is 29.9 Å². The van der Waals surface area contributed by atoms with Crippen LogP contribution in [0.25, 0.3) is 105 Å². The molecule has 0 aromatic heterocycles. The van der Waals surface area contributed by atoms with Crippen LogP contribution in [0.15, 0.2) is 243 Å². The van der Waals surface area contributed by atoms with Crippen molar-refractivity contribution in [2.75, 3.05) is 4.90 Å². The summed E-state index contributed by atoms with van der Waals surface area (Å²) in [7, 11) is 0. The van der Waals surface area contributed by atoms with E-state index in [1.54, 1.807) is 0 Å². The van der Waals surface area contributed by atoms with Crippen LogP contribution < -0.4 is 4.90 Å². The Balaban J connectivity index is 0.932. The maximum Gasteiger partial charge on any atom is 0.0468 e. The molecule has 1 heteroatoms. The molecule has 0 bridgehead atoms. The normalized spacial score (nSPS) is 13.4. The molecule has 0 spiro atoms. The first-order valence-corrected chi connectivity index (χ1v) is 25.5. The highest BCUT2D eigenvalue weighted by Crippen LogP contribution is 2.53. The van der Waals surface area contributed by atoms with Crippen LogP contribution in [0, 0.1) is 0 Å². The number of hydrogen-bond acceptors (Lipinski definition) is 1. The summed E-state index contributed by atoms with van der Waals surface area (Å²) in [5, 5.41) is 10.2. The van der Waals surface area contributed by atoms with Gasteiger partial charge in [-0.05, 0) is 188 Å². The molecule has 0 unspecified atom stereocenters. The fraction of sp³-hybridized carbons (Fsp3) is 0.0704. The van der Waals surface area contributed by atoms with Gasteiger partial charge >= 0.3 is 0 Å². The fourth-order valence-corrected chi connectivity index (χ4v) is 12.3. The highest BCUT2D eigenvalue weighted by atomic mass is 15.1. The second-order valence-corrected chi connectivity index (χ2v) is 20.3. The van der Waals surface area contributed by atoms with Crippen molar-refractivity contribution in [2.45, 2.75) is 32.1 Å². The quantitative estimate of drug-likeness (QED) is 0.144. The van der Waals surface area contributed by atoms with Crippen LogP contribution in [0.3, 0.4) is 0 Å². The van der Waals surface area contributed by atoms with E-state index in [2.05, 4.69) is 267 Å². The molecule has 0 amide bonds. The molecule has 0 radical (unpaired) electrons. The van der Waals surface area contributed by atoms with Crippen molar-refractivity contribution in [3.8, 4) is 55.6 Å². The first kappa shape index (κ1) is 42.1. The molecular formula is C71H51N. The lowest BCUT2D eigenvalue weighted by molar-refractivity contribution is 0.660. The zero-order valence-electron chi connectivity index (χ0n) is 40.5. The third kappa shape index (κ3) is 6.76. The maximum atomic E-state index is 2.51. The Morgan fingerprint density at radius 2 is 0.875 bits per heavy atom. The Hall–Kier alpha value is -8.78. The molecule has 0 saturated carbocycles. The van der Waals surface area contributed by atoms with Gasteiger partial charge in [-0.15, -0.1) is 0 Å². The van der Waals surface area contributed by atoms with Crippen molar-refractivity contribution in [3.05, 3.63) is 265 Å². The smallest absolute Gasteiger partial charge is 0.0468 e. The van der Waals surface area contributed by atoms with Crippen LogP contribution in [0.4, 0.5) is 17.1 Å². The number of aryl methyl sites for hydroxylation is 1. The Labute approximate surface area is 421 Å². The number of allylic oxidation sites excluding steroid dienone is 1. The number of anilines is 3. The molecular weight excluding hydrogens is 867 g/mol. The molecule has 1 nitrogen and oxygen atoms in total. The van der Waals surface area contributed by atoms with Gasteiger partial charge in [-0.25, -0.2) is 0 Å². The van der Waals surface area contributed by atoms with E-state index in [1.165, 1.54) is 121 Å². The lowest BCUT2D eigenvalue weighted by Crippen LogP contribution is -2.16. The molecule has 0 aliphatic heterocycles. The maximum absolute atomic E-state index is 2.51. The average Bonchev–Trinajstić information content (AvgIpc) is 3.67. The van der Waals surface area contributed by atoms with Gasteiger partial charge < -0.3 is 4.90 Å². The zero-order valence-corrected chi connectivity index (χ0v) is 40.5. The van der Waals surface area contributed by atoms with E-state index in [0.29, 0.717) is 0 Å². The van der Waals surface area contributed by atoms with Crippen molar-refractivity contribution in [2.24, 2.45) is 0 Å². The minimum atomic E-state index is -0.238. The molecule has 0 fully saturated rings. The van der Waals surface area contributed by atoms with Crippen LogP contribution >= 0.6 is 0 Å². The van der Waals surface area contributed by atoms with Gasteiger partial charge in [0.25, 0.3) is 0 Å². The Kier molecular flexibility index (Phi) is 9.76. The molecule has 14 rings (SSSR count). The van der Waals surface area contributed by atoms with Crippen LogP contribution in [0.1, 0.15) is 42.5 Å². The number of benzene rings is 12. The van der Waals surface area contributed by atoms with Crippen LogP contribution in [0.2, 0.25) is 0 Å². The summed E-state index contributed by atoms with van der Waals surface area (Å²) in [4.78, 5) is 2.44. The van der Waals surface area contributed by atoms with Crippen molar-refractivity contribution in [3.63, 3.8) is 0 Å². The topological polar surface area (TPSA) is 3.24 Å². The molecule has 0 saturated heterocycles. The molecule has 0 heterocycles. The molecule has 12 aromatic rings. The molecule has 2 aliphatic carbocycles. The van der Waals surface area contributed by atoms with Gasteiger partial charge in [0.15, 0.2) is 0 Å². The zero-order chi connectivity index (χ0) is 47.9. The summed E-state index contributed by atoms with van der Waals surface area (Å²) in [5.74, 6) is 0. The number of nitrogens with zero attached hydrogens (tertiary/aromatic N) is 1. The Morgan fingerprint density at radius 1 is 0.361 bits per heavy atom. The van der Waals surface area contributed by atoms with Crippen molar-refractivity contribution in [1.82, 2.24) is 0 Å². The van der Waals surface area contributed by atoms with E-state index in [1.807, 2.05) is 0 Å². The molecule has 2 aliphatic rings. The van der Waals surface area contributed by atoms with Gasteiger partial charge in [-0.3, -0.25) is 0 Å². The fourth-order valence-electron chi connectivity index (χ4n) is 12.3. The lowest BCUT2D eigenvalue weighted by atomic mass is 9.78. The largest absolute Gasteiger partial charge is 0.310 e. The summed E-state index contributed by atoms with van der Waals surface area (Å²) in [6, 6.07) is 88.3. The minimum absolute atomic E-state index is 0.238. The van der Waals surface area contributed by atoms with Gasteiger partial charge in [0.2, 0.25) is 0 Å². The van der Waals surface area contributed by atoms with Gasteiger partial charge in [0, 0.05) is 22.5 Å². The summed E-state index contributed by atoms with van der Waals surface area (Å²) in [6.45, 7) is 4.83. The highest BCUT2D eigenvalue weighted by molar-refractivity contribution is 6.25. The molecule has 72 heavy (non-hydrogen) atoms. The predicted molar refractivity (Wildman–Crippen MR) is 308 cm³/mol. The van der Waals surface area contributed by atoms with E-state index in [9.17, 15) is 0 Å². The van der Waals surface area contributed by atoms with Crippen molar-refractivity contribution >= 4 is 66.2 Å². The van der Waals surface area contributed by atoms with Crippen LogP contribution in [-0.4, -0.2) is 0 Å². The second-order valence-electron chi connectivity index (χ2n) is 20.3. The summed E-state index contributed by atoms with van der Waals surface area (Å²) in [5.41, 5.74) is 21.3. The van der Waals surface area contributed by atoms with E-state index in [-0.39, 0.29) is 5.41 Å². The molecule has 0 N–H and O–H groups in total. The summed E-state index contributed by atoms with van der Waals surface area (Å²) in [6.07, 6.45) is 6.83. The monoisotopic (exact) mass is 917 g/mol. The van der Waals surface area contributed by atoms with E-state index >= 15 is 0 Å². The standard InChI is InChI=1S/C71H51N/c1-71(2)66-43-54(32-37-59(66)60-39-36-57(44-67(60)71)72(55-34-30-46-18-12-14-26-51(46)40-55)56-35-31-47-19-13-15-27-52(47)41-56)53-33-38-62-65(42-53)58-28-16-17-29-61(58)69-64(49-22-8-4-9-23-49)45-63(48-20-6-3-7-21-48)68(70(62)69)50-24-10-5-11-25-50/h3-15,17-27,29-45H,16,28H2,1-2H3. The number of rotatable bonds is 7. The van der Waals surface area contributed by atoms with E-state index < -0.39 is 0 Å². The number of fused-ring (bicyclic) bond motifs is 11. The first-order valence-electron chi connectivity index (χ1n) is 25.5. The average molecular weight is 918 g/mol. The van der Waals surface area contributed by atoms with Crippen LogP contribution in [-0.2, 0) is 11.8 Å². The summed E-state index contributed by atoms with van der Waals surface area (Å²) >= 11 is 0. The molecule has 12 aromatic carbocycles. The third-order valence-electron chi connectivity index (χ3n) is 15.8. The number of hydrogen-bond donors (Lipinski definition) is 0. The minimum Gasteiger partial charge on any atom is -0.310 e. The first-order chi connectivity index (χ1) is 35.5. The Bertz CT molecular complexity index is 4080. The van der Waals surface area contributed by atoms with Crippen molar-refractivity contribution in [1.29, 1.82) is 0 Å². The van der Waals surface area contributed by atoms with Gasteiger partial charge in [-0.2, -0.15) is 0 Å². The summed E-state index contributed by atoms with van der Waals surface area (Å²) < 4.78 is 0. The highest BCUT2D eigenvalue weighted by Gasteiger charge is 2.36. The molecule has 0 atom stereocenters. The third-order valence-corrected chi connectivity index (χ3v) is 15.8. The second kappa shape index (κ2) is 16.7. The van der Waals surface area contributed by atoms with Gasteiger partial charge in [0.1, 0.15) is 0 Å². The lowest BCUT2D eigenvalue weighted by Gasteiger charge is -2.28. The molecule has 340 valence electrons. The SMILES string of the molecule is CC1(C)c2cc(-c3ccc4c(c3)c3c(c5c(-c6ccccc6)cc(-c6ccccc6)c(-c6ccccc6)c54)C=CCC3)ccc2-c2ccc(N(c3ccc4ccccc4c3)c3ccc4ccccc4c3)cc21. The van der Waals surface area contributed by atoms with E-state index in [4.69, 9.17) is 0 Å². The Morgan fingerprint density at radius 3 is 1.53 bits per heavy atom. The van der Waals surface area contributed by atoms with Gasteiger partial charge in [-0.1, -0.05) is 208 Å².